The van der Waals surface area contributed by atoms with Gasteiger partial charge in [-0.15, -0.1) is 0 Å². The Balaban J connectivity index is 1.99. The molecule has 12 heavy (non-hydrogen) atoms. The topological polar surface area (TPSA) is 24.1 Å². The lowest BCUT2D eigenvalue weighted by molar-refractivity contribution is 0.167. The zero-order valence-electron chi connectivity index (χ0n) is 7.97. The smallest absolute Gasteiger partial charge is 0.0119 e. The van der Waals surface area contributed by atoms with Crippen molar-refractivity contribution in [2.24, 2.45) is 5.92 Å². The van der Waals surface area contributed by atoms with Crippen LogP contribution in [0, 0.1) is 5.92 Å². The molecule has 0 unspecified atom stereocenters. The number of rotatable bonds is 1. The molecule has 2 nitrogen and oxygen atoms in total. The van der Waals surface area contributed by atoms with Crippen LogP contribution in [0.4, 0.5) is 0 Å². The molecule has 2 N–H and O–H groups in total. The Morgan fingerprint density at radius 1 is 1.17 bits per heavy atom. The van der Waals surface area contributed by atoms with E-state index in [0.29, 0.717) is 0 Å². The Hall–Kier alpha value is -0.0800. The van der Waals surface area contributed by atoms with Crippen LogP contribution in [-0.4, -0.2) is 25.7 Å². The monoisotopic (exact) mass is 168 g/mol. The van der Waals surface area contributed by atoms with Crippen molar-refractivity contribution in [3.63, 3.8) is 0 Å². The first-order valence-corrected chi connectivity index (χ1v) is 5.32. The van der Waals surface area contributed by atoms with Crippen molar-refractivity contribution in [2.75, 3.05) is 13.6 Å². The van der Waals surface area contributed by atoms with E-state index in [2.05, 4.69) is 17.7 Å². The third-order valence-corrected chi connectivity index (χ3v) is 3.57. The zero-order chi connectivity index (χ0) is 8.39. The molecule has 1 aliphatic carbocycles. The molecule has 0 radical (unpaired) electrons. The fourth-order valence-electron chi connectivity index (χ4n) is 2.89. The van der Waals surface area contributed by atoms with Crippen LogP contribution in [0.25, 0.3) is 0 Å². The molecule has 2 aliphatic rings. The number of piperidine rings is 1. The molecule has 3 atom stereocenters. The Morgan fingerprint density at radius 2 is 2.00 bits per heavy atom. The van der Waals surface area contributed by atoms with E-state index >= 15 is 0 Å². The molecule has 1 aliphatic heterocycles. The van der Waals surface area contributed by atoms with Gasteiger partial charge >= 0.3 is 0 Å². The van der Waals surface area contributed by atoms with Crippen molar-refractivity contribution in [1.82, 2.24) is 10.6 Å². The van der Waals surface area contributed by atoms with Crippen molar-refractivity contribution in [2.45, 2.75) is 44.2 Å². The molecule has 0 aromatic carbocycles. The van der Waals surface area contributed by atoms with Crippen molar-refractivity contribution in [3.05, 3.63) is 0 Å². The minimum atomic E-state index is 0.788. The molecule has 0 spiro atoms. The van der Waals surface area contributed by atoms with E-state index in [1.54, 1.807) is 0 Å². The second-order valence-electron chi connectivity index (χ2n) is 4.19. The summed E-state index contributed by atoms with van der Waals surface area (Å²) >= 11 is 0. The summed E-state index contributed by atoms with van der Waals surface area (Å²) < 4.78 is 0. The van der Waals surface area contributed by atoms with Gasteiger partial charge in [0.1, 0.15) is 0 Å². The highest BCUT2D eigenvalue weighted by atomic mass is 15.0. The van der Waals surface area contributed by atoms with Gasteiger partial charge in [-0.25, -0.2) is 0 Å². The first-order valence-electron chi connectivity index (χ1n) is 5.32. The summed E-state index contributed by atoms with van der Waals surface area (Å²) in [4.78, 5) is 0. The third-order valence-electron chi connectivity index (χ3n) is 3.57. The second kappa shape index (κ2) is 3.75. The fraction of sp³-hybridized carbons (Fsp3) is 1.00. The fourth-order valence-corrected chi connectivity index (χ4v) is 2.89. The number of hydrogen-bond acceptors (Lipinski definition) is 2. The zero-order valence-corrected chi connectivity index (χ0v) is 7.97. The Labute approximate surface area is 75.1 Å². The highest BCUT2D eigenvalue weighted by Gasteiger charge is 2.33. The van der Waals surface area contributed by atoms with Crippen LogP contribution >= 0.6 is 0 Å². The molecule has 0 bridgehead atoms. The van der Waals surface area contributed by atoms with Gasteiger partial charge in [-0.05, 0) is 38.8 Å². The summed E-state index contributed by atoms with van der Waals surface area (Å²) in [6.45, 7) is 1.21. The average Bonchev–Trinajstić information content (AvgIpc) is 2.17. The maximum absolute atomic E-state index is 3.65. The second-order valence-corrected chi connectivity index (χ2v) is 4.19. The summed E-state index contributed by atoms with van der Waals surface area (Å²) in [5.74, 6) is 0.914. The van der Waals surface area contributed by atoms with Crippen LogP contribution in [0.5, 0.6) is 0 Å². The summed E-state index contributed by atoms with van der Waals surface area (Å²) in [6.07, 6.45) is 7.04. The highest BCUT2D eigenvalue weighted by molar-refractivity contribution is 4.92. The van der Waals surface area contributed by atoms with Gasteiger partial charge in [-0.1, -0.05) is 12.8 Å². The quantitative estimate of drug-likeness (QED) is 0.613. The van der Waals surface area contributed by atoms with Crippen LogP contribution in [0.1, 0.15) is 32.1 Å². The first-order chi connectivity index (χ1) is 5.92. The van der Waals surface area contributed by atoms with E-state index in [9.17, 15) is 0 Å². The molecule has 2 fully saturated rings. The normalized spacial score (nSPS) is 42.2. The van der Waals surface area contributed by atoms with Gasteiger partial charge in [0.05, 0.1) is 0 Å². The van der Waals surface area contributed by atoms with Gasteiger partial charge in [0.15, 0.2) is 0 Å². The number of hydrogen-bond donors (Lipinski definition) is 2. The highest BCUT2D eigenvalue weighted by Crippen LogP contribution is 2.30. The predicted octanol–water partition coefficient (Wildman–Crippen LogP) is 1.13. The van der Waals surface area contributed by atoms with Gasteiger partial charge in [0.2, 0.25) is 0 Å². The molecule has 0 aromatic rings. The lowest BCUT2D eigenvalue weighted by atomic mass is 9.76. The first kappa shape index (κ1) is 8.52. The van der Waals surface area contributed by atoms with Gasteiger partial charge < -0.3 is 10.6 Å². The third kappa shape index (κ3) is 1.50. The molecular formula is C10H20N2. The summed E-state index contributed by atoms with van der Waals surface area (Å²) in [6, 6.07) is 1.61. The van der Waals surface area contributed by atoms with Gasteiger partial charge in [-0.3, -0.25) is 0 Å². The standard InChI is InChI=1S/C10H20N2/c1-11-9-6-7-12-10-5-3-2-4-8(9)10/h8-12H,2-7H2,1H3/t8-,9+,10+/m0/s1. The number of nitrogens with one attached hydrogen (secondary N) is 2. The molecule has 0 amide bonds. The molecule has 2 heteroatoms. The van der Waals surface area contributed by atoms with Crippen molar-refractivity contribution >= 4 is 0 Å². The van der Waals surface area contributed by atoms with Gasteiger partial charge in [0, 0.05) is 12.1 Å². The Morgan fingerprint density at radius 3 is 2.83 bits per heavy atom. The van der Waals surface area contributed by atoms with E-state index in [1.807, 2.05) is 0 Å². The molecule has 1 saturated heterocycles. The van der Waals surface area contributed by atoms with Crippen molar-refractivity contribution in [1.29, 1.82) is 0 Å². The van der Waals surface area contributed by atoms with E-state index in [-0.39, 0.29) is 0 Å². The summed E-state index contributed by atoms with van der Waals surface area (Å²) in [5.41, 5.74) is 0. The largest absolute Gasteiger partial charge is 0.317 e. The van der Waals surface area contributed by atoms with Crippen LogP contribution < -0.4 is 10.6 Å². The lowest BCUT2D eigenvalue weighted by Gasteiger charge is -2.41. The lowest BCUT2D eigenvalue weighted by Crippen LogP contribution is -2.53. The van der Waals surface area contributed by atoms with Crippen LogP contribution in [0.3, 0.4) is 0 Å². The van der Waals surface area contributed by atoms with Gasteiger partial charge in [-0.2, -0.15) is 0 Å². The molecule has 1 saturated carbocycles. The summed E-state index contributed by atoms with van der Waals surface area (Å²) in [7, 11) is 2.11. The molecule has 0 aromatic heterocycles. The maximum atomic E-state index is 3.65. The number of fused-ring (bicyclic) bond motifs is 1. The molecule has 2 rings (SSSR count). The Kier molecular flexibility index (Phi) is 2.66. The van der Waals surface area contributed by atoms with Crippen molar-refractivity contribution < 1.29 is 0 Å². The van der Waals surface area contributed by atoms with E-state index in [1.165, 1.54) is 38.6 Å². The van der Waals surface area contributed by atoms with Crippen molar-refractivity contribution in [3.8, 4) is 0 Å². The Bertz CT molecular complexity index is 138. The van der Waals surface area contributed by atoms with E-state index in [4.69, 9.17) is 0 Å². The van der Waals surface area contributed by atoms with E-state index in [0.717, 1.165) is 18.0 Å². The maximum Gasteiger partial charge on any atom is 0.0119 e. The van der Waals surface area contributed by atoms with Crippen LogP contribution in [0.2, 0.25) is 0 Å². The van der Waals surface area contributed by atoms with E-state index < -0.39 is 0 Å². The minimum Gasteiger partial charge on any atom is -0.317 e. The predicted molar refractivity (Wildman–Crippen MR) is 51.2 cm³/mol. The molecule has 1 heterocycles. The van der Waals surface area contributed by atoms with Crippen LogP contribution in [-0.2, 0) is 0 Å². The van der Waals surface area contributed by atoms with Gasteiger partial charge in [0.25, 0.3) is 0 Å². The molecular weight excluding hydrogens is 148 g/mol. The SMILES string of the molecule is CN[C@@H]1CCN[C@@H]2CCCC[C@@H]12. The molecule has 70 valence electrons. The average molecular weight is 168 g/mol. The minimum absolute atomic E-state index is 0.788. The van der Waals surface area contributed by atoms with Crippen LogP contribution in [0.15, 0.2) is 0 Å². The summed E-state index contributed by atoms with van der Waals surface area (Å²) in [5, 5.41) is 7.11.